The van der Waals surface area contributed by atoms with E-state index in [0.29, 0.717) is 5.41 Å². The molecular formula is C10H18Au. The molecule has 0 aliphatic heterocycles. The van der Waals surface area contributed by atoms with Gasteiger partial charge in [0.25, 0.3) is 0 Å². The zero-order valence-electron chi connectivity index (χ0n) is 7.65. The summed E-state index contributed by atoms with van der Waals surface area (Å²) in [5, 5.41) is 0. The Morgan fingerprint density at radius 3 is 2.09 bits per heavy atom. The fourth-order valence-electron chi connectivity index (χ4n) is 3.18. The van der Waals surface area contributed by atoms with Gasteiger partial charge in [0, 0.05) is 22.4 Å². The minimum Gasteiger partial charge on any atom is -0.0622 e. The van der Waals surface area contributed by atoms with Gasteiger partial charge in [0.05, 0.1) is 0 Å². The van der Waals surface area contributed by atoms with Gasteiger partial charge >= 0.3 is 0 Å². The van der Waals surface area contributed by atoms with Gasteiger partial charge in [0.2, 0.25) is 0 Å². The van der Waals surface area contributed by atoms with Crippen LogP contribution in [0.5, 0.6) is 0 Å². The molecule has 3 unspecified atom stereocenters. The molecular weight excluding hydrogens is 317 g/mol. The minimum absolute atomic E-state index is 0. The van der Waals surface area contributed by atoms with Crippen LogP contribution < -0.4 is 0 Å². The molecule has 1 heteroatoms. The van der Waals surface area contributed by atoms with Crippen molar-refractivity contribution in [1.29, 1.82) is 0 Å². The Morgan fingerprint density at radius 1 is 1.18 bits per heavy atom. The molecule has 3 saturated carbocycles. The van der Waals surface area contributed by atoms with E-state index in [0.717, 1.165) is 17.8 Å². The topological polar surface area (TPSA) is 0 Å². The van der Waals surface area contributed by atoms with E-state index in [9.17, 15) is 0 Å². The molecule has 69 valence electrons. The standard InChI is InChI=1S/C10H18.Au/c1-7-4-5-8-6-9(7)10(8,2)3;/h7-9H,4-6H2,1-3H3;. The minimum atomic E-state index is 0. The van der Waals surface area contributed by atoms with Crippen LogP contribution in [-0.2, 0) is 22.4 Å². The third-order valence-corrected chi connectivity index (χ3v) is 4.20. The van der Waals surface area contributed by atoms with Gasteiger partial charge in [-0.2, -0.15) is 0 Å². The molecule has 3 atom stereocenters. The Hall–Kier alpha value is 0.740. The Labute approximate surface area is 85.6 Å². The third-order valence-electron chi connectivity index (χ3n) is 4.20. The van der Waals surface area contributed by atoms with Crippen LogP contribution in [0.25, 0.3) is 0 Å². The Morgan fingerprint density at radius 2 is 1.82 bits per heavy atom. The van der Waals surface area contributed by atoms with E-state index >= 15 is 0 Å². The van der Waals surface area contributed by atoms with E-state index in [2.05, 4.69) is 20.8 Å². The summed E-state index contributed by atoms with van der Waals surface area (Å²) in [6.45, 7) is 7.35. The maximum atomic E-state index is 2.46. The third kappa shape index (κ3) is 1.24. The van der Waals surface area contributed by atoms with E-state index in [1.54, 1.807) is 0 Å². The fraction of sp³-hybridized carbons (Fsp3) is 1.00. The first-order valence-corrected chi connectivity index (χ1v) is 4.62. The monoisotopic (exact) mass is 335 g/mol. The average molecular weight is 335 g/mol. The summed E-state index contributed by atoms with van der Waals surface area (Å²) in [4.78, 5) is 0. The van der Waals surface area contributed by atoms with Crippen LogP contribution in [-0.4, -0.2) is 0 Å². The predicted molar refractivity (Wildman–Crippen MR) is 43.8 cm³/mol. The van der Waals surface area contributed by atoms with Crippen molar-refractivity contribution in [2.24, 2.45) is 23.2 Å². The van der Waals surface area contributed by atoms with Crippen LogP contribution >= 0.6 is 0 Å². The van der Waals surface area contributed by atoms with Crippen molar-refractivity contribution < 1.29 is 22.4 Å². The van der Waals surface area contributed by atoms with E-state index in [4.69, 9.17) is 0 Å². The van der Waals surface area contributed by atoms with Gasteiger partial charge in [-0.15, -0.1) is 0 Å². The van der Waals surface area contributed by atoms with Crippen LogP contribution in [0.15, 0.2) is 0 Å². The summed E-state index contributed by atoms with van der Waals surface area (Å²) in [6.07, 6.45) is 4.54. The van der Waals surface area contributed by atoms with Crippen molar-refractivity contribution in [3.05, 3.63) is 0 Å². The summed E-state index contributed by atoms with van der Waals surface area (Å²) in [5.74, 6) is 3.15. The van der Waals surface area contributed by atoms with Crippen LogP contribution in [0.2, 0.25) is 0 Å². The molecule has 0 amide bonds. The molecule has 3 rings (SSSR count). The predicted octanol–water partition coefficient (Wildman–Crippen LogP) is 3.08. The fourth-order valence-corrected chi connectivity index (χ4v) is 3.18. The Kier molecular flexibility index (Phi) is 2.59. The van der Waals surface area contributed by atoms with Crippen molar-refractivity contribution in [1.82, 2.24) is 0 Å². The first kappa shape index (κ1) is 9.83. The summed E-state index contributed by atoms with van der Waals surface area (Å²) in [6, 6.07) is 0. The molecule has 0 saturated heterocycles. The number of fused-ring (bicyclic) bond motifs is 2. The van der Waals surface area contributed by atoms with Crippen molar-refractivity contribution in [2.45, 2.75) is 40.0 Å². The molecule has 3 aliphatic rings. The molecule has 11 heavy (non-hydrogen) atoms. The largest absolute Gasteiger partial charge is 0.0622 e. The van der Waals surface area contributed by atoms with Gasteiger partial charge in [0.1, 0.15) is 0 Å². The van der Waals surface area contributed by atoms with E-state index < -0.39 is 0 Å². The summed E-state index contributed by atoms with van der Waals surface area (Å²) in [5.41, 5.74) is 0.706. The molecule has 3 aliphatic carbocycles. The number of rotatable bonds is 0. The van der Waals surface area contributed by atoms with Crippen molar-refractivity contribution >= 4 is 0 Å². The molecule has 0 nitrogen and oxygen atoms in total. The second-order valence-electron chi connectivity index (χ2n) is 4.92. The molecule has 0 N–H and O–H groups in total. The quantitative estimate of drug-likeness (QED) is 0.597. The molecule has 3 fully saturated rings. The molecule has 0 aromatic rings. The summed E-state index contributed by atoms with van der Waals surface area (Å²) >= 11 is 0. The maximum absolute atomic E-state index is 2.46. The molecule has 2 bridgehead atoms. The Bertz CT molecular complexity index is 149. The SMILES string of the molecule is CC1CCC2CC1C2(C)C.[Au]. The molecule has 0 aromatic carbocycles. The van der Waals surface area contributed by atoms with Gasteiger partial charge in [0.15, 0.2) is 0 Å². The van der Waals surface area contributed by atoms with Crippen molar-refractivity contribution in [2.75, 3.05) is 0 Å². The van der Waals surface area contributed by atoms with Crippen molar-refractivity contribution in [3.63, 3.8) is 0 Å². The van der Waals surface area contributed by atoms with Gasteiger partial charge in [-0.1, -0.05) is 27.2 Å². The zero-order valence-corrected chi connectivity index (χ0v) is 9.82. The van der Waals surface area contributed by atoms with Crippen LogP contribution in [0.4, 0.5) is 0 Å². The van der Waals surface area contributed by atoms with E-state index in [1.807, 2.05) is 0 Å². The molecule has 1 radical (unpaired) electrons. The van der Waals surface area contributed by atoms with Crippen LogP contribution in [0, 0.1) is 23.2 Å². The second kappa shape index (κ2) is 2.90. The van der Waals surface area contributed by atoms with Gasteiger partial charge in [-0.3, -0.25) is 0 Å². The molecule has 0 spiro atoms. The maximum Gasteiger partial charge on any atom is 0 e. The smallest absolute Gasteiger partial charge is 0 e. The summed E-state index contributed by atoms with van der Waals surface area (Å²) in [7, 11) is 0. The first-order chi connectivity index (χ1) is 4.62. The van der Waals surface area contributed by atoms with Crippen LogP contribution in [0.3, 0.4) is 0 Å². The first-order valence-electron chi connectivity index (χ1n) is 4.62. The molecule has 0 aromatic heterocycles. The van der Waals surface area contributed by atoms with E-state index in [1.165, 1.54) is 19.3 Å². The summed E-state index contributed by atoms with van der Waals surface area (Å²) < 4.78 is 0. The zero-order chi connectivity index (χ0) is 7.35. The van der Waals surface area contributed by atoms with Gasteiger partial charge < -0.3 is 0 Å². The Balaban J connectivity index is 0.000000605. The number of hydrogen-bond acceptors (Lipinski definition) is 0. The average Bonchev–Trinajstić information content (AvgIpc) is 1.87. The second-order valence-corrected chi connectivity index (χ2v) is 4.92. The van der Waals surface area contributed by atoms with E-state index in [-0.39, 0.29) is 22.4 Å². The van der Waals surface area contributed by atoms with Crippen molar-refractivity contribution in [3.8, 4) is 0 Å². The molecule has 0 heterocycles. The number of hydrogen-bond donors (Lipinski definition) is 0. The normalized spacial score (nSPS) is 45.5. The van der Waals surface area contributed by atoms with Gasteiger partial charge in [-0.25, -0.2) is 0 Å². The van der Waals surface area contributed by atoms with Gasteiger partial charge in [-0.05, 0) is 36.0 Å². The van der Waals surface area contributed by atoms with Crippen LogP contribution in [0.1, 0.15) is 40.0 Å².